The van der Waals surface area contributed by atoms with Crippen molar-refractivity contribution in [1.29, 1.82) is 5.26 Å². The molecule has 2 rings (SSSR count). The predicted octanol–water partition coefficient (Wildman–Crippen LogP) is 4.56. The van der Waals surface area contributed by atoms with Crippen LogP contribution >= 0.6 is 23.2 Å². The molecule has 0 radical (unpaired) electrons. The number of methoxy groups -OCH3 is 3. The molecule has 0 atom stereocenters. The number of nitriles is 1. The van der Waals surface area contributed by atoms with E-state index in [1.165, 1.54) is 33.5 Å². The van der Waals surface area contributed by atoms with Gasteiger partial charge < -0.3 is 19.5 Å². The van der Waals surface area contributed by atoms with Crippen LogP contribution in [0.25, 0.3) is 6.08 Å². The van der Waals surface area contributed by atoms with Crippen LogP contribution in [0.15, 0.2) is 35.9 Å². The van der Waals surface area contributed by atoms with Crippen molar-refractivity contribution in [1.82, 2.24) is 0 Å². The molecular weight excluding hydrogens is 391 g/mol. The van der Waals surface area contributed by atoms with E-state index >= 15 is 0 Å². The molecule has 1 amide bonds. The van der Waals surface area contributed by atoms with Gasteiger partial charge in [-0.25, -0.2) is 0 Å². The minimum absolute atomic E-state index is 0.115. The molecule has 0 unspecified atom stereocenters. The summed E-state index contributed by atoms with van der Waals surface area (Å²) in [4.78, 5) is 12.4. The SMILES string of the molecule is COc1cc(/C=C(\C#N)C(=O)Nc2ccc(Cl)c(Cl)c2)cc(OC)c1OC. The number of anilines is 1. The molecular formula is C19H16Cl2N2O4. The van der Waals surface area contributed by atoms with Crippen molar-refractivity contribution in [3.05, 3.63) is 51.5 Å². The van der Waals surface area contributed by atoms with Gasteiger partial charge >= 0.3 is 0 Å². The van der Waals surface area contributed by atoms with Gasteiger partial charge in [0.2, 0.25) is 5.75 Å². The van der Waals surface area contributed by atoms with Crippen LogP contribution in [-0.4, -0.2) is 27.2 Å². The average molecular weight is 407 g/mol. The molecule has 2 aromatic rings. The van der Waals surface area contributed by atoms with Crippen LogP contribution in [0.5, 0.6) is 17.2 Å². The molecule has 0 aliphatic rings. The van der Waals surface area contributed by atoms with E-state index in [0.29, 0.717) is 38.5 Å². The summed E-state index contributed by atoms with van der Waals surface area (Å²) in [5.74, 6) is 0.635. The highest BCUT2D eigenvalue weighted by Gasteiger charge is 2.15. The molecule has 27 heavy (non-hydrogen) atoms. The summed E-state index contributed by atoms with van der Waals surface area (Å²) >= 11 is 11.8. The fraction of sp³-hybridized carbons (Fsp3) is 0.158. The first-order valence-corrected chi connectivity index (χ1v) is 8.37. The van der Waals surface area contributed by atoms with E-state index in [0.717, 1.165) is 0 Å². The molecule has 6 nitrogen and oxygen atoms in total. The number of benzene rings is 2. The van der Waals surface area contributed by atoms with E-state index in [9.17, 15) is 10.1 Å². The average Bonchev–Trinajstić information content (AvgIpc) is 2.67. The topological polar surface area (TPSA) is 80.6 Å². The van der Waals surface area contributed by atoms with Gasteiger partial charge in [0.05, 0.1) is 31.4 Å². The molecule has 0 aliphatic carbocycles. The molecule has 0 saturated carbocycles. The molecule has 140 valence electrons. The summed E-state index contributed by atoms with van der Waals surface area (Å²) in [7, 11) is 4.45. The van der Waals surface area contributed by atoms with E-state index in [1.807, 2.05) is 6.07 Å². The predicted molar refractivity (Wildman–Crippen MR) is 105 cm³/mol. The molecule has 0 heterocycles. The number of rotatable bonds is 6. The third-order valence-electron chi connectivity index (χ3n) is 3.54. The lowest BCUT2D eigenvalue weighted by Crippen LogP contribution is -2.13. The van der Waals surface area contributed by atoms with E-state index in [2.05, 4.69) is 5.32 Å². The normalized spacial score (nSPS) is 10.7. The highest BCUT2D eigenvalue weighted by molar-refractivity contribution is 6.42. The van der Waals surface area contributed by atoms with Gasteiger partial charge in [0.15, 0.2) is 11.5 Å². The van der Waals surface area contributed by atoms with Gasteiger partial charge in [0.1, 0.15) is 11.6 Å². The van der Waals surface area contributed by atoms with E-state index < -0.39 is 5.91 Å². The zero-order valence-corrected chi connectivity index (χ0v) is 16.3. The van der Waals surface area contributed by atoms with E-state index in [1.54, 1.807) is 24.3 Å². The number of hydrogen-bond acceptors (Lipinski definition) is 5. The second-order valence-electron chi connectivity index (χ2n) is 5.21. The summed E-state index contributed by atoms with van der Waals surface area (Å²) in [6.45, 7) is 0. The van der Waals surface area contributed by atoms with Crippen molar-refractivity contribution in [2.75, 3.05) is 26.6 Å². The molecule has 0 aromatic heterocycles. The van der Waals surface area contributed by atoms with Crippen molar-refractivity contribution in [2.24, 2.45) is 0 Å². The summed E-state index contributed by atoms with van der Waals surface area (Å²) in [5.41, 5.74) is 0.834. The van der Waals surface area contributed by atoms with Crippen molar-refractivity contribution in [3.63, 3.8) is 0 Å². The van der Waals surface area contributed by atoms with Crippen LogP contribution in [0, 0.1) is 11.3 Å². The van der Waals surface area contributed by atoms with Gasteiger partial charge in [-0.1, -0.05) is 23.2 Å². The first-order chi connectivity index (χ1) is 12.9. The summed E-state index contributed by atoms with van der Waals surface area (Å²) < 4.78 is 15.8. The summed E-state index contributed by atoms with van der Waals surface area (Å²) in [6.07, 6.45) is 1.41. The highest BCUT2D eigenvalue weighted by Crippen LogP contribution is 2.38. The molecule has 0 aliphatic heterocycles. The Hall–Kier alpha value is -2.88. The Morgan fingerprint density at radius 2 is 1.67 bits per heavy atom. The lowest BCUT2D eigenvalue weighted by Gasteiger charge is -2.13. The van der Waals surface area contributed by atoms with E-state index in [4.69, 9.17) is 37.4 Å². The van der Waals surface area contributed by atoms with Gasteiger partial charge in [0.25, 0.3) is 5.91 Å². The Labute approximate surface area is 166 Å². The van der Waals surface area contributed by atoms with Crippen LogP contribution < -0.4 is 19.5 Å². The number of carbonyl (C=O) groups is 1. The number of hydrogen-bond donors (Lipinski definition) is 1. The van der Waals surface area contributed by atoms with Crippen LogP contribution in [0.2, 0.25) is 10.0 Å². The third kappa shape index (κ3) is 4.85. The Bertz CT molecular complexity index is 911. The molecule has 2 aromatic carbocycles. The van der Waals surface area contributed by atoms with Crippen molar-refractivity contribution < 1.29 is 19.0 Å². The van der Waals surface area contributed by atoms with Gasteiger partial charge in [0, 0.05) is 5.69 Å². The standard InChI is InChI=1S/C19H16Cl2N2O4/c1-25-16-7-11(8-17(26-2)18(16)27-3)6-12(10-22)19(24)23-13-4-5-14(20)15(21)9-13/h4-9H,1-3H3,(H,23,24)/b12-6+. The largest absolute Gasteiger partial charge is 0.493 e. The van der Waals surface area contributed by atoms with Crippen LogP contribution in [0.1, 0.15) is 5.56 Å². The fourth-order valence-electron chi connectivity index (χ4n) is 2.27. The lowest BCUT2D eigenvalue weighted by atomic mass is 10.1. The number of ether oxygens (including phenoxy) is 3. The van der Waals surface area contributed by atoms with E-state index in [-0.39, 0.29) is 5.57 Å². The molecule has 0 saturated heterocycles. The summed E-state index contributed by atoms with van der Waals surface area (Å²) in [5, 5.41) is 12.6. The number of nitrogens with zero attached hydrogens (tertiary/aromatic N) is 1. The van der Waals surface area contributed by atoms with Crippen molar-refractivity contribution in [3.8, 4) is 23.3 Å². The van der Waals surface area contributed by atoms with Crippen molar-refractivity contribution >= 4 is 40.9 Å². The van der Waals surface area contributed by atoms with Crippen LogP contribution in [0.4, 0.5) is 5.69 Å². The Balaban J connectivity index is 2.35. The minimum Gasteiger partial charge on any atom is -0.493 e. The third-order valence-corrected chi connectivity index (χ3v) is 4.28. The smallest absolute Gasteiger partial charge is 0.266 e. The zero-order chi connectivity index (χ0) is 20.0. The van der Waals surface area contributed by atoms with Crippen LogP contribution in [0.3, 0.4) is 0 Å². The minimum atomic E-state index is -0.593. The van der Waals surface area contributed by atoms with Crippen molar-refractivity contribution in [2.45, 2.75) is 0 Å². The van der Waals surface area contributed by atoms with Gasteiger partial charge in [-0.15, -0.1) is 0 Å². The second-order valence-corrected chi connectivity index (χ2v) is 6.03. The molecule has 0 spiro atoms. The first kappa shape index (κ1) is 20.4. The number of carbonyl (C=O) groups excluding carboxylic acids is 1. The van der Waals surface area contributed by atoms with Gasteiger partial charge in [-0.05, 0) is 42.0 Å². The zero-order valence-electron chi connectivity index (χ0n) is 14.8. The highest BCUT2D eigenvalue weighted by atomic mass is 35.5. The Morgan fingerprint density at radius 3 is 2.15 bits per heavy atom. The van der Waals surface area contributed by atoms with Crippen LogP contribution in [-0.2, 0) is 4.79 Å². The Kier molecular flexibility index (Phi) is 6.94. The molecule has 8 heteroatoms. The molecule has 0 bridgehead atoms. The number of halogens is 2. The molecule has 0 fully saturated rings. The lowest BCUT2D eigenvalue weighted by molar-refractivity contribution is -0.112. The number of amides is 1. The maximum Gasteiger partial charge on any atom is 0.266 e. The van der Waals surface area contributed by atoms with Gasteiger partial charge in [-0.2, -0.15) is 5.26 Å². The first-order valence-electron chi connectivity index (χ1n) is 7.61. The molecule has 1 N–H and O–H groups in total. The Morgan fingerprint density at radius 1 is 1.04 bits per heavy atom. The quantitative estimate of drug-likeness (QED) is 0.561. The maximum absolute atomic E-state index is 12.4. The maximum atomic E-state index is 12.4. The van der Waals surface area contributed by atoms with Gasteiger partial charge in [-0.3, -0.25) is 4.79 Å². The second kappa shape index (κ2) is 9.17. The monoisotopic (exact) mass is 406 g/mol. The number of nitrogens with one attached hydrogen (secondary N) is 1. The summed E-state index contributed by atoms with van der Waals surface area (Å²) in [6, 6.07) is 9.77. The fourth-order valence-corrected chi connectivity index (χ4v) is 2.57.